The van der Waals surface area contributed by atoms with E-state index in [-0.39, 0.29) is 0 Å². The average Bonchev–Trinajstić information content (AvgIpc) is 2.98. The van der Waals surface area contributed by atoms with Gasteiger partial charge in [-0.05, 0) is 45.0 Å². The third kappa shape index (κ3) is 4.32. The second-order valence-corrected chi connectivity index (χ2v) is 6.99. The van der Waals surface area contributed by atoms with Gasteiger partial charge in [0, 0.05) is 0 Å². The van der Waals surface area contributed by atoms with E-state index < -0.39 is 42.5 Å². The predicted molar refractivity (Wildman–Crippen MR) is 96.5 cm³/mol. The Kier molecular flexibility index (Phi) is 5.86. The van der Waals surface area contributed by atoms with Gasteiger partial charge in [0.25, 0.3) is 0 Å². The molecule has 2 saturated heterocycles. The van der Waals surface area contributed by atoms with Crippen LogP contribution in [0.15, 0.2) is 36.9 Å². The van der Waals surface area contributed by atoms with Crippen LogP contribution in [0.4, 0.5) is 0 Å². The van der Waals surface area contributed by atoms with E-state index in [1.54, 1.807) is 37.5 Å². The minimum absolute atomic E-state index is 0.320. The number of methoxy groups -OCH3 is 1. The van der Waals surface area contributed by atoms with E-state index >= 15 is 0 Å². The Hall–Kier alpha value is -1.93. The fourth-order valence-electron chi connectivity index (χ4n) is 3.29. The Bertz CT molecular complexity index is 669. The number of carbonyl (C=O) groups is 1. The second kappa shape index (κ2) is 7.98. The summed E-state index contributed by atoms with van der Waals surface area (Å²) in [6.07, 6.45) is -1.05. The minimum atomic E-state index is -0.830. The molecule has 0 aliphatic carbocycles. The zero-order valence-corrected chi connectivity index (χ0v) is 16.0. The maximum absolute atomic E-state index is 12.6. The van der Waals surface area contributed by atoms with E-state index in [9.17, 15) is 4.79 Å². The lowest BCUT2D eigenvalue weighted by Gasteiger charge is -2.40. The third-order valence-electron chi connectivity index (χ3n) is 4.51. The van der Waals surface area contributed by atoms with Crippen LogP contribution in [0.5, 0.6) is 5.75 Å². The number of hydrogen-bond donors (Lipinski definition) is 0. The minimum Gasteiger partial charge on any atom is -0.497 e. The Morgan fingerprint density at radius 3 is 2.52 bits per heavy atom. The molecule has 0 spiro atoms. The Labute approximate surface area is 159 Å². The Morgan fingerprint density at radius 2 is 1.89 bits per heavy atom. The Balaban J connectivity index is 1.75. The first-order chi connectivity index (χ1) is 12.8. The third-order valence-corrected chi connectivity index (χ3v) is 4.51. The first-order valence-electron chi connectivity index (χ1n) is 8.93. The van der Waals surface area contributed by atoms with Gasteiger partial charge in [-0.3, -0.25) is 0 Å². The van der Waals surface area contributed by atoms with Crippen molar-refractivity contribution in [3.8, 4) is 5.75 Å². The molecule has 27 heavy (non-hydrogen) atoms. The molecule has 2 fully saturated rings. The number of fused-ring (bicyclic) bond motifs is 1. The molecule has 0 unspecified atom stereocenters. The first kappa shape index (κ1) is 19.8. The van der Waals surface area contributed by atoms with Gasteiger partial charge in [0.05, 0.1) is 25.4 Å². The Morgan fingerprint density at radius 1 is 1.22 bits per heavy atom. The maximum atomic E-state index is 12.6. The van der Waals surface area contributed by atoms with Crippen molar-refractivity contribution in [2.75, 3.05) is 13.7 Å². The van der Waals surface area contributed by atoms with Crippen molar-refractivity contribution >= 4 is 5.97 Å². The van der Waals surface area contributed by atoms with Crippen molar-refractivity contribution in [3.05, 3.63) is 42.5 Å². The van der Waals surface area contributed by atoms with E-state index in [2.05, 4.69) is 6.58 Å². The van der Waals surface area contributed by atoms with Crippen LogP contribution in [0.2, 0.25) is 0 Å². The van der Waals surface area contributed by atoms with Crippen LogP contribution in [0.3, 0.4) is 0 Å². The molecule has 0 saturated carbocycles. The van der Waals surface area contributed by atoms with Gasteiger partial charge >= 0.3 is 5.97 Å². The molecular weight excluding hydrogens is 352 g/mol. The molecule has 2 aliphatic heterocycles. The number of hydrogen-bond acceptors (Lipinski definition) is 7. The molecule has 3 rings (SSSR count). The molecular formula is C20H26O7. The van der Waals surface area contributed by atoms with Crippen LogP contribution in [0.25, 0.3) is 0 Å². The van der Waals surface area contributed by atoms with Crippen molar-refractivity contribution in [1.29, 1.82) is 0 Å². The highest BCUT2D eigenvalue weighted by molar-refractivity contribution is 5.89. The number of carbonyl (C=O) groups excluding carboxylic acids is 1. The monoisotopic (exact) mass is 378 g/mol. The molecule has 0 radical (unpaired) electrons. The molecule has 0 N–H and O–H groups in total. The van der Waals surface area contributed by atoms with Crippen molar-refractivity contribution < 1.29 is 33.2 Å². The van der Waals surface area contributed by atoms with E-state index in [0.717, 1.165) is 0 Å². The standard InChI is InChI=1S/C20H26O7/c1-6-11-23-19-17-16(26-20(3,4)27-17)15(12(2)24-19)25-18(21)13-7-9-14(22-5)10-8-13/h6-10,12,15-17,19H,1,11H2,2-5H3/t12-,15-,16+,17+,19+/m0/s1. The zero-order chi connectivity index (χ0) is 19.6. The lowest BCUT2D eigenvalue weighted by Crippen LogP contribution is -2.57. The topological polar surface area (TPSA) is 72.5 Å². The smallest absolute Gasteiger partial charge is 0.338 e. The largest absolute Gasteiger partial charge is 0.497 e. The summed E-state index contributed by atoms with van der Waals surface area (Å²) in [6, 6.07) is 6.72. The van der Waals surface area contributed by atoms with Gasteiger partial charge in [0.15, 0.2) is 18.2 Å². The lowest BCUT2D eigenvalue weighted by molar-refractivity contribution is -0.267. The van der Waals surface area contributed by atoms with Gasteiger partial charge in [-0.2, -0.15) is 0 Å². The molecule has 0 aromatic heterocycles. The normalized spacial score (nSPS) is 31.8. The summed E-state index contributed by atoms with van der Waals surface area (Å²) in [7, 11) is 1.57. The predicted octanol–water partition coefficient (Wildman–Crippen LogP) is 2.69. The second-order valence-electron chi connectivity index (χ2n) is 6.99. The summed E-state index contributed by atoms with van der Waals surface area (Å²) in [5.41, 5.74) is 0.419. The average molecular weight is 378 g/mol. The maximum Gasteiger partial charge on any atom is 0.338 e. The van der Waals surface area contributed by atoms with E-state index in [1.807, 2.05) is 20.8 Å². The van der Waals surface area contributed by atoms with Gasteiger partial charge in [-0.1, -0.05) is 6.08 Å². The van der Waals surface area contributed by atoms with E-state index in [1.165, 1.54) is 0 Å². The highest BCUT2D eigenvalue weighted by atomic mass is 16.8. The van der Waals surface area contributed by atoms with Gasteiger partial charge < -0.3 is 28.4 Å². The number of benzene rings is 1. The van der Waals surface area contributed by atoms with Gasteiger partial charge in [-0.15, -0.1) is 6.58 Å². The van der Waals surface area contributed by atoms with E-state index in [4.69, 9.17) is 28.4 Å². The quantitative estimate of drug-likeness (QED) is 0.557. The highest BCUT2D eigenvalue weighted by Gasteiger charge is 2.56. The van der Waals surface area contributed by atoms with E-state index in [0.29, 0.717) is 17.9 Å². The number of esters is 1. The molecule has 5 atom stereocenters. The first-order valence-corrected chi connectivity index (χ1v) is 8.93. The van der Waals surface area contributed by atoms with Crippen molar-refractivity contribution in [3.63, 3.8) is 0 Å². The SMILES string of the molecule is C=CCO[C@@H]1O[C@@H](C)[C@H](OC(=O)c2ccc(OC)cc2)[C@H]2OC(C)(C)O[C@@H]12. The summed E-state index contributed by atoms with van der Waals surface area (Å²) in [4.78, 5) is 12.6. The van der Waals surface area contributed by atoms with Crippen molar-refractivity contribution in [2.45, 2.75) is 57.3 Å². The van der Waals surface area contributed by atoms with Gasteiger partial charge in [0.1, 0.15) is 18.0 Å². The van der Waals surface area contributed by atoms with Crippen LogP contribution in [0.1, 0.15) is 31.1 Å². The van der Waals surface area contributed by atoms with Crippen LogP contribution in [-0.2, 0) is 23.7 Å². The van der Waals surface area contributed by atoms with Crippen molar-refractivity contribution in [1.82, 2.24) is 0 Å². The number of rotatable bonds is 6. The highest BCUT2D eigenvalue weighted by Crippen LogP contribution is 2.39. The van der Waals surface area contributed by atoms with Crippen LogP contribution in [-0.4, -0.2) is 56.2 Å². The molecule has 1 aromatic carbocycles. The zero-order valence-electron chi connectivity index (χ0n) is 16.0. The lowest BCUT2D eigenvalue weighted by atomic mass is 9.99. The molecule has 2 heterocycles. The molecule has 7 heteroatoms. The van der Waals surface area contributed by atoms with Crippen LogP contribution < -0.4 is 4.74 Å². The van der Waals surface area contributed by atoms with Crippen molar-refractivity contribution in [2.24, 2.45) is 0 Å². The van der Waals surface area contributed by atoms with Crippen LogP contribution in [0, 0.1) is 0 Å². The summed E-state index contributed by atoms with van der Waals surface area (Å²) in [6.45, 7) is 9.41. The summed E-state index contributed by atoms with van der Waals surface area (Å²) >= 11 is 0. The molecule has 2 aliphatic rings. The fourth-order valence-corrected chi connectivity index (χ4v) is 3.29. The summed E-state index contributed by atoms with van der Waals surface area (Å²) in [5.74, 6) is -0.628. The van der Waals surface area contributed by atoms with Gasteiger partial charge in [0.2, 0.25) is 0 Å². The fraction of sp³-hybridized carbons (Fsp3) is 0.550. The molecule has 0 amide bonds. The molecule has 7 nitrogen and oxygen atoms in total. The summed E-state index contributed by atoms with van der Waals surface area (Å²) < 4.78 is 34.4. The summed E-state index contributed by atoms with van der Waals surface area (Å²) in [5, 5.41) is 0. The molecule has 0 bridgehead atoms. The number of ether oxygens (including phenoxy) is 6. The molecule has 1 aromatic rings. The van der Waals surface area contributed by atoms with Crippen LogP contribution >= 0.6 is 0 Å². The molecule has 148 valence electrons. The van der Waals surface area contributed by atoms with Gasteiger partial charge in [-0.25, -0.2) is 4.79 Å².